The first-order chi connectivity index (χ1) is 9.16. The van der Waals surface area contributed by atoms with Gasteiger partial charge in [0.2, 0.25) is 7.37 Å². The molecule has 100 valence electrons. The van der Waals surface area contributed by atoms with Crippen LogP contribution >= 0.6 is 7.37 Å². The first-order valence-electron chi connectivity index (χ1n) is 6.54. The van der Waals surface area contributed by atoms with Gasteiger partial charge in [0.25, 0.3) is 0 Å². The summed E-state index contributed by atoms with van der Waals surface area (Å²) in [6.07, 6.45) is 2.07. The third-order valence-corrected chi connectivity index (χ3v) is 5.03. The fraction of sp³-hybridized carbons (Fsp3) is 0.250. The molecule has 2 rings (SSSR count). The Hall–Kier alpha value is -1.37. The minimum atomic E-state index is -3.02. The van der Waals surface area contributed by atoms with Crippen LogP contribution in [0.4, 0.5) is 0 Å². The summed E-state index contributed by atoms with van der Waals surface area (Å²) in [6.45, 7) is 0. The molecule has 0 unspecified atom stereocenters. The largest absolute Gasteiger partial charge is 0.344 e. The van der Waals surface area contributed by atoms with E-state index in [9.17, 15) is 9.46 Å². The van der Waals surface area contributed by atoms with Crippen molar-refractivity contribution in [3.05, 3.63) is 71.8 Å². The Morgan fingerprint density at radius 3 is 1.47 bits per heavy atom. The molecular formula is C16H19O2P. The minimum Gasteiger partial charge on any atom is -0.344 e. The molecule has 1 N–H and O–H groups in total. The van der Waals surface area contributed by atoms with Crippen LogP contribution < -0.4 is 0 Å². The van der Waals surface area contributed by atoms with Gasteiger partial charge in [-0.1, -0.05) is 60.7 Å². The van der Waals surface area contributed by atoms with Crippen LogP contribution in [0.1, 0.15) is 11.1 Å². The van der Waals surface area contributed by atoms with Crippen molar-refractivity contribution in [1.29, 1.82) is 0 Å². The zero-order valence-corrected chi connectivity index (χ0v) is 11.8. The minimum absolute atomic E-state index is 0.365. The van der Waals surface area contributed by atoms with Crippen LogP contribution in [0, 0.1) is 0 Å². The summed E-state index contributed by atoms with van der Waals surface area (Å²) >= 11 is 0. The average molecular weight is 274 g/mol. The maximum absolute atomic E-state index is 12.1. The molecule has 2 aromatic carbocycles. The third-order valence-electron chi connectivity index (χ3n) is 3.19. The monoisotopic (exact) mass is 274 g/mol. The van der Waals surface area contributed by atoms with E-state index in [2.05, 4.69) is 0 Å². The zero-order chi connectivity index (χ0) is 13.6. The van der Waals surface area contributed by atoms with Gasteiger partial charge in [-0.3, -0.25) is 4.57 Å². The second kappa shape index (κ2) is 6.70. The van der Waals surface area contributed by atoms with E-state index in [1.165, 1.54) is 0 Å². The predicted molar refractivity (Wildman–Crippen MR) is 79.9 cm³/mol. The lowest BCUT2D eigenvalue weighted by molar-refractivity contribution is 0.477. The van der Waals surface area contributed by atoms with Crippen LogP contribution in [-0.2, 0) is 17.4 Å². The van der Waals surface area contributed by atoms with Crippen molar-refractivity contribution < 1.29 is 9.46 Å². The maximum atomic E-state index is 12.1. The van der Waals surface area contributed by atoms with Gasteiger partial charge in [0, 0.05) is 12.3 Å². The first-order valence-corrected chi connectivity index (χ1v) is 8.57. The highest BCUT2D eigenvalue weighted by atomic mass is 31.2. The molecule has 0 aromatic heterocycles. The Balaban J connectivity index is 1.84. The lowest BCUT2D eigenvalue weighted by Crippen LogP contribution is -2.01. The SMILES string of the molecule is O=P(O)(CCc1ccccc1)CCc1ccccc1. The summed E-state index contributed by atoms with van der Waals surface area (Å²) in [5, 5.41) is 0. The summed E-state index contributed by atoms with van der Waals surface area (Å²) in [5.41, 5.74) is 2.24. The molecule has 0 spiro atoms. The Kier molecular flexibility index (Phi) is 4.95. The quantitative estimate of drug-likeness (QED) is 0.815. The molecule has 0 heterocycles. The van der Waals surface area contributed by atoms with Crippen LogP contribution in [0.2, 0.25) is 0 Å². The van der Waals surface area contributed by atoms with E-state index >= 15 is 0 Å². The topological polar surface area (TPSA) is 37.3 Å². The molecule has 2 aromatic rings. The van der Waals surface area contributed by atoms with Crippen LogP contribution in [-0.4, -0.2) is 17.2 Å². The Morgan fingerprint density at radius 2 is 1.11 bits per heavy atom. The molecule has 0 aliphatic rings. The third kappa shape index (κ3) is 5.02. The van der Waals surface area contributed by atoms with E-state index in [0.717, 1.165) is 11.1 Å². The van der Waals surface area contributed by atoms with E-state index in [-0.39, 0.29) is 0 Å². The predicted octanol–water partition coefficient (Wildman–Crippen LogP) is 3.74. The van der Waals surface area contributed by atoms with Gasteiger partial charge in [0.1, 0.15) is 0 Å². The fourth-order valence-corrected chi connectivity index (χ4v) is 3.45. The van der Waals surface area contributed by atoms with Gasteiger partial charge >= 0.3 is 0 Å². The summed E-state index contributed by atoms with van der Waals surface area (Å²) in [6, 6.07) is 19.7. The van der Waals surface area contributed by atoms with E-state index in [4.69, 9.17) is 0 Å². The molecule has 0 atom stereocenters. The van der Waals surface area contributed by atoms with Crippen molar-refractivity contribution in [2.45, 2.75) is 12.8 Å². The Morgan fingerprint density at radius 1 is 0.737 bits per heavy atom. The molecule has 19 heavy (non-hydrogen) atoms. The second-order valence-corrected chi connectivity index (χ2v) is 7.35. The van der Waals surface area contributed by atoms with E-state index in [0.29, 0.717) is 25.2 Å². The second-order valence-electron chi connectivity index (χ2n) is 4.76. The van der Waals surface area contributed by atoms with Crippen molar-refractivity contribution in [2.24, 2.45) is 0 Å². The van der Waals surface area contributed by atoms with Crippen LogP contribution in [0.3, 0.4) is 0 Å². The smallest absolute Gasteiger partial charge is 0.201 e. The average Bonchev–Trinajstić information content (AvgIpc) is 2.46. The highest BCUT2D eigenvalue weighted by Crippen LogP contribution is 2.41. The lowest BCUT2D eigenvalue weighted by atomic mass is 10.2. The van der Waals surface area contributed by atoms with Gasteiger partial charge in [0.15, 0.2) is 0 Å². The summed E-state index contributed by atoms with van der Waals surface area (Å²) in [7, 11) is -3.02. The Labute approximate surface area is 114 Å². The van der Waals surface area contributed by atoms with Crippen molar-refractivity contribution in [3.8, 4) is 0 Å². The lowest BCUT2D eigenvalue weighted by Gasteiger charge is -2.11. The maximum Gasteiger partial charge on any atom is 0.201 e. The molecule has 3 heteroatoms. The van der Waals surface area contributed by atoms with Gasteiger partial charge in [-0.2, -0.15) is 0 Å². The fourth-order valence-electron chi connectivity index (χ4n) is 2.01. The molecule has 2 nitrogen and oxygen atoms in total. The van der Waals surface area contributed by atoms with E-state index in [1.54, 1.807) is 0 Å². The summed E-state index contributed by atoms with van der Waals surface area (Å²) < 4.78 is 12.1. The van der Waals surface area contributed by atoms with Gasteiger partial charge in [0.05, 0.1) is 0 Å². The molecule has 0 saturated heterocycles. The highest BCUT2D eigenvalue weighted by molar-refractivity contribution is 7.57. The van der Waals surface area contributed by atoms with Crippen LogP contribution in [0.25, 0.3) is 0 Å². The van der Waals surface area contributed by atoms with Crippen molar-refractivity contribution in [1.82, 2.24) is 0 Å². The van der Waals surface area contributed by atoms with Gasteiger partial charge in [-0.25, -0.2) is 0 Å². The molecule has 0 amide bonds. The van der Waals surface area contributed by atoms with Crippen LogP contribution in [0.5, 0.6) is 0 Å². The molecule has 0 radical (unpaired) electrons. The highest BCUT2D eigenvalue weighted by Gasteiger charge is 2.17. The standard InChI is InChI=1S/C16H19O2P/c17-19(18,13-11-15-7-3-1-4-8-15)14-12-16-9-5-2-6-10-16/h1-10H,11-14H2,(H,17,18). The molecule has 0 aliphatic carbocycles. The molecule has 0 aliphatic heterocycles. The number of aryl methyl sites for hydroxylation is 2. The number of benzene rings is 2. The molecule has 0 bridgehead atoms. The van der Waals surface area contributed by atoms with Gasteiger partial charge < -0.3 is 4.89 Å². The van der Waals surface area contributed by atoms with Crippen LogP contribution in [0.15, 0.2) is 60.7 Å². The summed E-state index contributed by atoms with van der Waals surface area (Å²) in [5.74, 6) is 0. The summed E-state index contributed by atoms with van der Waals surface area (Å²) in [4.78, 5) is 9.99. The van der Waals surface area contributed by atoms with Crippen molar-refractivity contribution in [2.75, 3.05) is 12.3 Å². The van der Waals surface area contributed by atoms with Crippen molar-refractivity contribution in [3.63, 3.8) is 0 Å². The number of hydrogen-bond donors (Lipinski definition) is 1. The Bertz CT molecular complexity index is 490. The molecule has 0 saturated carbocycles. The first kappa shape index (κ1) is 14.0. The van der Waals surface area contributed by atoms with E-state index < -0.39 is 7.37 Å². The van der Waals surface area contributed by atoms with Gasteiger partial charge in [-0.15, -0.1) is 0 Å². The number of rotatable bonds is 6. The normalized spacial score (nSPS) is 11.4. The number of hydrogen-bond acceptors (Lipinski definition) is 1. The van der Waals surface area contributed by atoms with E-state index in [1.807, 2.05) is 60.7 Å². The zero-order valence-electron chi connectivity index (χ0n) is 10.9. The molecule has 0 fully saturated rings. The van der Waals surface area contributed by atoms with Crippen molar-refractivity contribution >= 4 is 7.37 Å². The van der Waals surface area contributed by atoms with Gasteiger partial charge in [-0.05, 0) is 24.0 Å². The molecular weight excluding hydrogens is 255 g/mol.